The molecule has 3 unspecified atom stereocenters. The van der Waals surface area contributed by atoms with Crippen molar-refractivity contribution in [3.8, 4) is 0 Å². The molecule has 0 spiro atoms. The van der Waals surface area contributed by atoms with Crippen LogP contribution in [0.15, 0.2) is 24.3 Å². The Labute approximate surface area is 119 Å². The van der Waals surface area contributed by atoms with Crippen molar-refractivity contribution in [2.45, 2.75) is 38.6 Å². The molecule has 1 aliphatic carbocycles. The Morgan fingerprint density at radius 3 is 2.60 bits per heavy atom. The number of amides is 1. The topological polar surface area (TPSA) is 49.3 Å². The molecule has 3 nitrogen and oxygen atoms in total. The number of hydrogen-bond acceptors (Lipinski definition) is 2. The van der Waals surface area contributed by atoms with Crippen molar-refractivity contribution >= 4 is 5.91 Å². The third-order valence-corrected chi connectivity index (χ3v) is 3.75. The van der Waals surface area contributed by atoms with Gasteiger partial charge in [-0.3, -0.25) is 4.79 Å². The average Bonchev–Trinajstić information content (AvgIpc) is 3.18. The van der Waals surface area contributed by atoms with Gasteiger partial charge in [0.1, 0.15) is 5.82 Å². The average molecular weight is 279 g/mol. The fourth-order valence-electron chi connectivity index (χ4n) is 2.62. The van der Waals surface area contributed by atoms with E-state index in [1.807, 2.05) is 0 Å². The van der Waals surface area contributed by atoms with Crippen LogP contribution in [0.4, 0.5) is 4.39 Å². The molecule has 2 rings (SSSR count). The minimum absolute atomic E-state index is 0.000903. The maximum Gasteiger partial charge on any atom is 0.224 e. The van der Waals surface area contributed by atoms with Crippen molar-refractivity contribution in [3.63, 3.8) is 0 Å². The number of carbonyl (C=O) groups is 1. The van der Waals surface area contributed by atoms with Gasteiger partial charge >= 0.3 is 0 Å². The molecular formula is C16H22FNO2. The maximum atomic E-state index is 12.9. The largest absolute Gasteiger partial charge is 0.394 e. The van der Waals surface area contributed by atoms with Crippen LogP contribution in [0.1, 0.15) is 38.2 Å². The molecule has 0 aliphatic heterocycles. The van der Waals surface area contributed by atoms with Crippen LogP contribution in [0.3, 0.4) is 0 Å². The predicted molar refractivity (Wildman–Crippen MR) is 75.7 cm³/mol. The van der Waals surface area contributed by atoms with Crippen LogP contribution in [0.5, 0.6) is 0 Å². The summed E-state index contributed by atoms with van der Waals surface area (Å²) in [6.07, 6.45) is 1.58. The molecule has 20 heavy (non-hydrogen) atoms. The van der Waals surface area contributed by atoms with Crippen LogP contribution >= 0.6 is 0 Å². The van der Waals surface area contributed by atoms with E-state index in [4.69, 9.17) is 0 Å². The van der Waals surface area contributed by atoms with Gasteiger partial charge in [-0.2, -0.15) is 0 Å². The number of halogens is 1. The Morgan fingerprint density at radius 2 is 2.05 bits per heavy atom. The van der Waals surface area contributed by atoms with Gasteiger partial charge in [0.15, 0.2) is 0 Å². The smallest absolute Gasteiger partial charge is 0.224 e. The van der Waals surface area contributed by atoms with Crippen LogP contribution in [-0.2, 0) is 4.79 Å². The minimum atomic E-state index is -0.257. The highest BCUT2D eigenvalue weighted by Gasteiger charge is 2.44. The van der Waals surface area contributed by atoms with E-state index in [1.165, 1.54) is 12.1 Å². The van der Waals surface area contributed by atoms with Gasteiger partial charge < -0.3 is 10.4 Å². The molecule has 1 amide bonds. The van der Waals surface area contributed by atoms with Crippen LogP contribution in [-0.4, -0.2) is 23.7 Å². The first kappa shape index (κ1) is 15.0. The van der Waals surface area contributed by atoms with E-state index in [2.05, 4.69) is 19.2 Å². The van der Waals surface area contributed by atoms with Crippen molar-refractivity contribution in [2.24, 2.45) is 11.8 Å². The summed E-state index contributed by atoms with van der Waals surface area (Å²) in [5.41, 5.74) is 1.01. The SMILES string of the molecule is CC(C)CC(CO)NC(=O)C1CC1c1ccc(F)cc1. The van der Waals surface area contributed by atoms with Crippen LogP contribution in [0, 0.1) is 17.7 Å². The second kappa shape index (κ2) is 6.35. The Morgan fingerprint density at radius 1 is 1.40 bits per heavy atom. The normalized spacial score (nSPS) is 22.6. The van der Waals surface area contributed by atoms with Gasteiger partial charge in [-0.25, -0.2) is 4.39 Å². The van der Waals surface area contributed by atoms with Crippen molar-refractivity contribution in [2.75, 3.05) is 6.61 Å². The molecular weight excluding hydrogens is 257 g/mol. The molecule has 3 atom stereocenters. The molecule has 1 aromatic carbocycles. The number of nitrogens with one attached hydrogen (secondary N) is 1. The van der Waals surface area contributed by atoms with Crippen molar-refractivity contribution < 1.29 is 14.3 Å². The van der Waals surface area contributed by atoms with Crippen LogP contribution < -0.4 is 5.32 Å². The van der Waals surface area contributed by atoms with Crippen LogP contribution in [0.2, 0.25) is 0 Å². The Hall–Kier alpha value is -1.42. The second-order valence-electron chi connectivity index (χ2n) is 6.02. The molecule has 1 aromatic rings. The number of rotatable bonds is 6. The molecule has 0 aromatic heterocycles. The number of carbonyl (C=O) groups excluding carboxylic acids is 1. The lowest BCUT2D eigenvalue weighted by molar-refractivity contribution is -0.123. The van der Waals surface area contributed by atoms with Crippen LogP contribution in [0.25, 0.3) is 0 Å². The monoisotopic (exact) mass is 279 g/mol. The summed E-state index contributed by atoms with van der Waals surface area (Å²) in [7, 11) is 0. The van der Waals surface area contributed by atoms with Crippen molar-refractivity contribution in [1.82, 2.24) is 5.32 Å². The highest BCUT2D eigenvalue weighted by atomic mass is 19.1. The first-order chi connectivity index (χ1) is 9.51. The molecule has 4 heteroatoms. The fourth-order valence-corrected chi connectivity index (χ4v) is 2.62. The predicted octanol–water partition coefficient (Wildman–Crippen LogP) is 2.45. The van der Waals surface area contributed by atoms with E-state index in [0.29, 0.717) is 5.92 Å². The van der Waals surface area contributed by atoms with E-state index in [1.54, 1.807) is 12.1 Å². The molecule has 0 heterocycles. The third-order valence-electron chi connectivity index (χ3n) is 3.75. The van der Waals surface area contributed by atoms with Gasteiger partial charge in [-0.1, -0.05) is 26.0 Å². The summed E-state index contributed by atoms with van der Waals surface area (Å²) in [4.78, 5) is 12.1. The fraction of sp³-hybridized carbons (Fsp3) is 0.562. The first-order valence-electron chi connectivity index (χ1n) is 7.18. The Bertz CT molecular complexity index is 458. The van der Waals surface area contributed by atoms with Gasteiger partial charge in [0, 0.05) is 5.92 Å². The summed E-state index contributed by atoms with van der Waals surface area (Å²) < 4.78 is 12.9. The molecule has 0 bridgehead atoms. The number of aliphatic hydroxyl groups is 1. The number of hydrogen-bond donors (Lipinski definition) is 2. The lowest BCUT2D eigenvalue weighted by Gasteiger charge is -2.18. The molecule has 0 saturated heterocycles. The highest BCUT2D eigenvalue weighted by molar-refractivity contribution is 5.83. The molecule has 0 radical (unpaired) electrons. The molecule has 1 saturated carbocycles. The van der Waals surface area contributed by atoms with Gasteiger partial charge in [0.2, 0.25) is 5.91 Å². The maximum absolute atomic E-state index is 12.9. The van der Waals surface area contributed by atoms with Gasteiger partial charge in [-0.05, 0) is 42.4 Å². The zero-order valence-electron chi connectivity index (χ0n) is 12.0. The van der Waals surface area contributed by atoms with Crippen molar-refractivity contribution in [1.29, 1.82) is 0 Å². The lowest BCUT2D eigenvalue weighted by atomic mass is 10.0. The van der Waals surface area contributed by atoms with E-state index in [9.17, 15) is 14.3 Å². The Balaban J connectivity index is 1.87. The molecule has 1 fully saturated rings. The molecule has 2 N–H and O–H groups in total. The van der Waals surface area contributed by atoms with Gasteiger partial charge in [0.05, 0.1) is 12.6 Å². The van der Waals surface area contributed by atoms with E-state index in [0.717, 1.165) is 18.4 Å². The summed E-state index contributed by atoms with van der Waals surface area (Å²) in [6, 6.07) is 6.17. The lowest BCUT2D eigenvalue weighted by Crippen LogP contribution is -2.39. The Kier molecular flexibility index (Phi) is 4.76. The number of aliphatic hydroxyl groups excluding tert-OH is 1. The van der Waals surface area contributed by atoms with E-state index < -0.39 is 0 Å². The second-order valence-corrected chi connectivity index (χ2v) is 6.02. The van der Waals surface area contributed by atoms with Gasteiger partial charge in [0.25, 0.3) is 0 Å². The minimum Gasteiger partial charge on any atom is -0.394 e. The quantitative estimate of drug-likeness (QED) is 0.840. The van der Waals surface area contributed by atoms with E-state index in [-0.39, 0.29) is 36.2 Å². The summed E-state index contributed by atoms with van der Waals surface area (Å²) in [5, 5.41) is 12.2. The summed E-state index contributed by atoms with van der Waals surface area (Å²) in [5.74, 6) is 0.321. The van der Waals surface area contributed by atoms with Gasteiger partial charge in [-0.15, -0.1) is 0 Å². The molecule has 1 aliphatic rings. The summed E-state index contributed by atoms with van der Waals surface area (Å²) >= 11 is 0. The standard InChI is InChI=1S/C16H22FNO2/c1-10(2)7-13(9-19)18-16(20)15-8-14(15)11-3-5-12(17)6-4-11/h3-6,10,13-15,19H,7-9H2,1-2H3,(H,18,20). The van der Waals surface area contributed by atoms with E-state index >= 15 is 0 Å². The van der Waals surface area contributed by atoms with Crippen molar-refractivity contribution in [3.05, 3.63) is 35.6 Å². The third kappa shape index (κ3) is 3.79. The molecule has 110 valence electrons. The highest BCUT2D eigenvalue weighted by Crippen LogP contribution is 2.47. The zero-order chi connectivity index (χ0) is 14.7. The first-order valence-corrected chi connectivity index (χ1v) is 7.18. The number of benzene rings is 1. The summed E-state index contributed by atoms with van der Waals surface area (Å²) in [6.45, 7) is 4.10. The zero-order valence-corrected chi connectivity index (χ0v) is 12.0.